The highest BCUT2D eigenvalue weighted by Gasteiger charge is 2.36. The first kappa shape index (κ1) is 42.5. The number of ketones is 1. The maximum Gasteiger partial charge on any atom is 0.432 e. The number of H-pyrrole nitrogens is 2. The molecule has 3 unspecified atom stereocenters. The highest BCUT2D eigenvalue weighted by Crippen LogP contribution is 2.34. The Balaban J connectivity index is 1.08. The predicted molar refractivity (Wildman–Crippen MR) is 232 cm³/mol. The fourth-order valence-corrected chi connectivity index (χ4v) is 7.78. The molecule has 1 fully saturated rings. The van der Waals surface area contributed by atoms with Crippen LogP contribution in [-0.2, 0) is 25.6 Å². The van der Waals surface area contributed by atoms with E-state index in [4.69, 9.17) is 21.1 Å². The minimum atomic E-state index is -0.803. The molecule has 316 valence electrons. The van der Waals surface area contributed by atoms with E-state index < -0.39 is 24.0 Å². The van der Waals surface area contributed by atoms with Crippen molar-refractivity contribution in [2.75, 3.05) is 33.9 Å². The molecular weight excluding hydrogens is 789 g/mol. The molecular formula is C47H46N8O7. The molecule has 4 amide bonds. The molecule has 3 atom stereocenters. The Morgan fingerprint density at radius 1 is 0.903 bits per heavy atom. The van der Waals surface area contributed by atoms with Gasteiger partial charge in [0.15, 0.2) is 5.78 Å². The van der Waals surface area contributed by atoms with Crippen molar-refractivity contribution in [3.63, 3.8) is 0 Å². The average Bonchev–Trinajstić information content (AvgIpc) is 4.07. The van der Waals surface area contributed by atoms with Crippen LogP contribution in [0.5, 0.6) is 0 Å². The van der Waals surface area contributed by atoms with Gasteiger partial charge in [0.2, 0.25) is 11.8 Å². The summed E-state index contributed by atoms with van der Waals surface area (Å²) in [5, 5.41) is 2.66. The second-order valence-electron chi connectivity index (χ2n) is 14.8. The van der Waals surface area contributed by atoms with E-state index in [0.29, 0.717) is 76.2 Å². The third kappa shape index (κ3) is 9.71. The molecule has 1 saturated heterocycles. The van der Waals surface area contributed by atoms with Crippen molar-refractivity contribution in [3.8, 4) is 12.3 Å². The van der Waals surface area contributed by atoms with Gasteiger partial charge in [-0.2, -0.15) is 4.99 Å². The molecule has 0 aliphatic carbocycles. The lowest BCUT2D eigenvalue weighted by atomic mass is 9.94. The SMILES string of the molecule is C#CCCN(Cc1nc2ccc(C(=O)c3ccc4nc(C5CCCN5C(=O)C(C=NC(=O)OC)c5ccccc5)[nH]c4c3)cc2[nH]1)C(=O)C(CCNC(=O)OC)c1ccccc1. The monoisotopic (exact) mass is 834 g/mol. The summed E-state index contributed by atoms with van der Waals surface area (Å²) in [7, 11) is 2.52. The van der Waals surface area contributed by atoms with E-state index in [1.165, 1.54) is 20.4 Å². The zero-order valence-corrected chi connectivity index (χ0v) is 34.4. The Labute approximate surface area is 357 Å². The van der Waals surface area contributed by atoms with Crippen LogP contribution in [0.15, 0.2) is 102 Å². The van der Waals surface area contributed by atoms with E-state index in [1.807, 2.05) is 60.7 Å². The summed E-state index contributed by atoms with van der Waals surface area (Å²) < 4.78 is 9.37. The number of methoxy groups -OCH3 is 2. The molecule has 3 heterocycles. The Hall–Kier alpha value is -7.60. The number of likely N-dealkylation sites (tertiary alicyclic amines) is 1. The highest BCUT2D eigenvalue weighted by atomic mass is 16.5. The van der Waals surface area contributed by atoms with E-state index in [0.717, 1.165) is 12.0 Å². The van der Waals surface area contributed by atoms with E-state index in [2.05, 4.69) is 30.9 Å². The van der Waals surface area contributed by atoms with Crippen LogP contribution in [0.25, 0.3) is 22.1 Å². The number of aromatic amines is 2. The third-order valence-corrected chi connectivity index (χ3v) is 10.9. The first-order valence-corrected chi connectivity index (χ1v) is 20.3. The Morgan fingerprint density at radius 3 is 2.23 bits per heavy atom. The Bertz CT molecular complexity index is 2650. The topological polar surface area (TPSA) is 192 Å². The molecule has 0 bridgehead atoms. The van der Waals surface area contributed by atoms with Crippen LogP contribution in [0.1, 0.15) is 82.3 Å². The van der Waals surface area contributed by atoms with Crippen LogP contribution >= 0.6 is 0 Å². The molecule has 7 rings (SSSR count). The summed E-state index contributed by atoms with van der Waals surface area (Å²) in [4.78, 5) is 89.3. The molecule has 0 saturated carbocycles. The van der Waals surface area contributed by atoms with Crippen molar-refractivity contribution in [3.05, 3.63) is 131 Å². The number of carbonyl (C=O) groups is 5. The number of rotatable bonds is 15. The molecule has 1 aliphatic rings. The van der Waals surface area contributed by atoms with Crippen molar-refractivity contribution in [1.82, 2.24) is 35.1 Å². The van der Waals surface area contributed by atoms with Gasteiger partial charge in [-0.25, -0.2) is 19.6 Å². The van der Waals surface area contributed by atoms with Gasteiger partial charge >= 0.3 is 12.2 Å². The number of nitrogens with zero attached hydrogens (tertiary/aromatic N) is 5. The second kappa shape index (κ2) is 19.6. The number of hydrogen-bond acceptors (Lipinski definition) is 9. The molecule has 6 aromatic rings. The maximum atomic E-state index is 14.1. The number of nitrogens with one attached hydrogen (secondary N) is 3. The van der Waals surface area contributed by atoms with Crippen LogP contribution in [0, 0.1) is 12.3 Å². The molecule has 1 aliphatic heterocycles. The zero-order chi connectivity index (χ0) is 43.6. The number of amides is 4. The molecule has 4 aromatic carbocycles. The fourth-order valence-electron chi connectivity index (χ4n) is 7.78. The largest absolute Gasteiger partial charge is 0.453 e. The highest BCUT2D eigenvalue weighted by molar-refractivity contribution is 6.11. The number of carbonyl (C=O) groups excluding carboxylic acids is 5. The van der Waals surface area contributed by atoms with Gasteiger partial charge in [-0.3, -0.25) is 14.4 Å². The quantitative estimate of drug-likeness (QED) is 0.0565. The van der Waals surface area contributed by atoms with Crippen molar-refractivity contribution in [1.29, 1.82) is 0 Å². The van der Waals surface area contributed by atoms with E-state index in [-0.39, 0.29) is 43.3 Å². The average molecular weight is 835 g/mol. The first-order chi connectivity index (χ1) is 30.2. The minimum Gasteiger partial charge on any atom is -0.453 e. The van der Waals surface area contributed by atoms with Crippen molar-refractivity contribution in [2.24, 2.45) is 4.99 Å². The fraction of sp³-hybridized carbons (Fsp3) is 0.277. The van der Waals surface area contributed by atoms with Gasteiger partial charge < -0.3 is 34.6 Å². The lowest BCUT2D eigenvalue weighted by Gasteiger charge is -2.27. The van der Waals surface area contributed by atoms with Gasteiger partial charge in [0.1, 0.15) is 11.6 Å². The van der Waals surface area contributed by atoms with Gasteiger partial charge in [-0.05, 0) is 66.8 Å². The number of imidazole rings is 2. The summed E-state index contributed by atoms with van der Waals surface area (Å²) in [5.74, 6) is 1.78. The summed E-state index contributed by atoms with van der Waals surface area (Å²) in [6.07, 6.45) is 7.68. The van der Waals surface area contributed by atoms with E-state index >= 15 is 0 Å². The predicted octanol–water partition coefficient (Wildman–Crippen LogP) is 6.84. The summed E-state index contributed by atoms with van der Waals surface area (Å²) in [5.41, 5.74) is 4.91. The molecule has 15 heteroatoms. The summed E-state index contributed by atoms with van der Waals surface area (Å²) in [6, 6.07) is 28.6. The number of aliphatic imine (C=N–C) groups is 1. The number of fused-ring (bicyclic) bond motifs is 2. The molecule has 3 N–H and O–H groups in total. The lowest BCUT2D eigenvalue weighted by molar-refractivity contribution is -0.134. The Kier molecular flexibility index (Phi) is 13.5. The van der Waals surface area contributed by atoms with Gasteiger partial charge in [-0.15, -0.1) is 12.3 Å². The Morgan fingerprint density at radius 2 is 1.56 bits per heavy atom. The van der Waals surface area contributed by atoms with Crippen molar-refractivity contribution >= 4 is 58.1 Å². The lowest BCUT2D eigenvalue weighted by Crippen LogP contribution is -2.37. The van der Waals surface area contributed by atoms with Gasteiger partial charge in [0.25, 0.3) is 0 Å². The standard InChI is InChI=1S/C47H46N8O7/c1-4-5-24-54(44(57)34(22-23-48-46(59)61-2)30-13-8-6-9-14-30)29-41-50-36-20-18-32(26-38(36)51-41)42(56)33-19-21-37-39(27-33)53-43(52-37)40-17-12-25-55(40)45(58)35(28-49-47(60)62-3)31-15-10-7-11-16-31/h1,6-11,13-16,18-21,26-28,34-35,40H,5,12,17,22-25,29H2,2-3H3,(H,48,59)(H,50,51)(H,52,53). The molecule has 2 aromatic heterocycles. The summed E-state index contributed by atoms with van der Waals surface area (Å²) >= 11 is 0. The van der Waals surface area contributed by atoms with Gasteiger partial charge in [-0.1, -0.05) is 60.7 Å². The molecule has 62 heavy (non-hydrogen) atoms. The van der Waals surface area contributed by atoms with Gasteiger partial charge in [0, 0.05) is 43.4 Å². The number of hydrogen-bond donors (Lipinski definition) is 3. The second-order valence-corrected chi connectivity index (χ2v) is 14.8. The zero-order valence-electron chi connectivity index (χ0n) is 34.4. The van der Waals surface area contributed by atoms with Crippen LogP contribution in [0.4, 0.5) is 9.59 Å². The normalized spacial score (nSPS) is 14.7. The van der Waals surface area contributed by atoms with Gasteiger partial charge in [0.05, 0.1) is 60.7 Å². The van der Waals surface area contributed by atoms with Crippen LogP contribution in [0.2, 0.25) is 0 Å². The number of ether oxygens (including phenoxy) is 2. The number of aromatic nitrogens is 4. The number of terminal acetylenes is 1. The van der Waals surface area contributed by atoms with E-state index in [9.17, 15) is 24.0 Å². The van der Waals surface area contributed by atoms with Crippen LogP contribution < -0.4 is 5.32 Å². The maximum absolute atomic E-state index is 14.1. The van der Waals surface area contributed by atoms with Crippen molar-refractivity contribution < 1.29 is 33.4 Å². The molecule has 0 spiro atoms. The number of alkyl carbamates (subject to hydrolysis) is 1. The van der Waals surface area contributed by atoms with Crippen LogP contribution in [-0.4, -0.2) is 99.6 Å². The molecule has 0 radical (unpaired) electrons. The third-order valence-electron chi connectivity index (χ3n) is 10.9. The number of benzene rings is 4. The molecule has 15 nitrogen and oxygen atoms in total. The first-order valence-electron chi connectivity index (χ1n) is 20.3. The van der Waals surface area contributed by atoms with Crippen LogP contribution in [0.3, 0.4) is 0 Å². The summed E-state index contributed by atoms with van der Waals surface area (Å²) in [6.45, 7) is 1.16. The smallest absolute Gasteiger partial charge is 0.432 e. The van der Waals surface area contributed by atoms with E-state index in [1.54, 1.807) is 46.2 Å². The minimum absolute atomic E-state index is 0.142. The van der Waals surface area contributed by atoms with Crippen molar-refractivity contribution in [2.45, 2.75) is 50.1 Å².